The average molecular weight is 466 g/mol. The highest BCUT2D eigenvalue weighted by molar-refractivity contribution is 6.15. The summed E-state index contributed by atoms with van der Waals surface area (Å²) in [5, 5.41) is 14.2. The SMILES string of the molecule is Cc1ccc2c(oc3c(-c4ccc5oc6ccccc6c5c4)c(C#N)ccc32)c1-c1cccc[n+]1C. The lowest BCUT2D eigenvalue weighted by Crippen LogP contribution is -2.30. The quantitative estimate of drug-likeness (QED) is 0.245. The number of aromatic nitrogens is 1. The molecule has 7 rings (SSSR count). The van der Waals surface area contributed by atoms with E-state index in [-0.39, 0.29) is 0 Å². The number of pyridine rings is 1. The molecule has 0 unspecified atom stereocenters. The Morgan fingerprint density at radius 1 is 0.694 bits per heavy atom. The van der Waals surface area contributed by atoms with Crippen molar-refractivity contribution in [2.75, 3.05) is 0 Å². The van der Waals surface area contributed by atoms with Gasteiger partial charge in [0.05, 0.1) is 17.2 Å². The van der Waals surface area contributed by atoms with Crippen molar-refractivity contribution in [3.63, 3.8) is 0 Å². The lowest BCUT2D eigenvalue weighted by Gasteiger charge is -2.06. The Hall–Kier alpha value is -4.88. The fraction of sp³-hybridized carbons (Fsp3) is 0.0625. The van der Waals surface area contributed by atoms with Gasteiger partial charge in [-0.05, 0) is 54.4 Å². The molecule has 0 N–H and O–H groups in total. The fourth-order valence-corrected chi connectivity index (χ4v) is 5.36. The van der Waals surface area contributed by atoms with Crippen LogP contribution in [0.5, 0.6) is 0 Å². The van der Waals surface area contributed by atoms with Crippen molar-refractivity contribution in [1.29, 1.82) is 5.26 Å². The second kappa shape index (κ2) is 7.56. The van der Waals surface area contributed by atoms with E-state index < -0.39 is 0 Å². The van der Waals surface area contributed by atoms with Crippen LogP contribution in [0.2, 0.25) is 0 Å². The van der Waals surface area contributed by atoms with E-state index in [2.05, 4.69) is 47.9 Å². The van der Waals surface area contributed by atoms with Crippen LogP contribution >= 0.6 is 0 Å². The van der Waals surface area contributed by atoms with Gasteiger partial charge < -0.3 is 8.83 Å². The molecular formula is C32H21N2O2+. The van der Waals surface area contributed by atoms with E-state index in [0.717, 1.165) is 71.8 Å². The number of hydrogen-bond acceptors (Lipinski definition) is 3. The largest absolute Gasteiger partial charge is 0.456 e. The third-order valence-electron chi connectivity index (χ3n) is 7.11. The van der Waals surface area contributed by atoms with Crippen LogP contribution in [0.25, 0.3) is 66.3 Å². The highest BCUT2D eigenvalue weighted by atomic mass is 16.3. The van der Waals surface area contributed by atoms with Crippen LogP contribution in [-0.2, 0) is 7.05 Å². The predicted molar refractivity (Wildman–Crippen MR) is 142 cm³/mol. The zero-order valence-corrected chi connectivity index (χ0v) is 19.9. The maximum absolute atomic E-state index is 10.1. The number of aryl methyl sites for hydroxylation is 2. The Labute approximate surface area is 207 Å². The molecule has 0 fully saturated rings. The van der Waals surface area contributed by atoms with Crippen LogP contribution in [0, 0.1) is 18.3 Å². The molecule has 36 heavy (non-hydrogen) atoms. The van der Waals surface area contributed by atoms with E-state index in [1.165, 1.54) is 0 Å². The molecule has 0 saturated carbocycles. The van der Waals surface area contributed by atoms with Crippen molar-refractivity contribution in [2.24, 2.45) is 7.05 Å². The number of fused-ring (bicyclic) bond motifs is 6. The highest BCUT2D eigenvalue weighted by Gasteiger charge is 2.23. The van der Waals surface area contributed by atoms with Crippen molar-refractivity contribution in [3.8, 4) is 28.5 Å². The molecule has 4 heteroatoms. The van der Waals surface area contributed by atoms with Crippen molar-refractivity contribution in [2.45, 2.75) is 6.92 Å². The first kappa shape index (κ1) is 20.5. The summed E-state index contributed by atoms with van der Waals surface area (Å²) < 4.78 is 14.8. The number of rotatable bonds is 2. The van der Waals surface area contributed by atoms with Gasteiger partial charge in [-0.3, -0.25) is 0 Å². The van der Waals surface area contributed by atoms with E-state index in [9.17, 15) is 5.26 Å². The minimum absolute atomic E-state index is 0.581. The van der Waals surface area contributed by atoms with Crippen LogP contribution in [0.1, 0.15) is 11.1 Å². The third-order valence-corrected chi connectivity index (χ3v) is 7.11. The Morgan fingerprint density at radius 2 is 1.44 bits per heavy atom. The van der Waals surface area contributed by atoms with Gasteiger partial charge in [0.2, 0.25) is 5.69 Å². The molecule has 4 aromatic carbocycles. The number of furan rings is 2. The maximum atomic E-state index is 10.1. The summed E-state index contributed by atoms with van der Waals surface area (Å²) in [5.74, 6) is 0. The topological polar surface area (TPSA) is 54.0 Å². The van der Waals surface area contributed by atoms with E-state index in [0.29, 0.717) is 5.56 Å². The smallest absolute Gasteiger partial charge is 0.216 e. The summed E-state index contributed by atoms with van der Waals surface area (Å²) in [7, 11) is 2.04. The summed E-state index contributed by atoms with van der Waals surface area (Å²) >= 11 is 0. The second-order valence-corrected chi connectivity index (χ2v) is 9.22. The van der Waals surface area contributed by atoms with Crippen molar-refractivity contribution < 1.29 is 13.4 Å². The molecule has 0 amide bonds. The predicted octanol–water partition coefficient (Wildman–Crippen LogP) is 7.82. The molecule has 170 valence electrons. The molecule has 0 spiro atoms. The minimum Gasteiger partial charge on any atom is -0.456 e. The summed E-state index contributed by atoms with van der Waals surface area (Å²) in [6.07, 6.45) is 2.04. The van der Waals surface area contributed by atoms with Crippen LogP contribution in [-0.4, -0.2) is 0 Å². The molecule has 3 aromatic heterocycles. The summed E-state index contributed by atoms with van der Waals surface area (Å²) in [4.78, 5) is 0. The summed E-state index contributed by atoms with van der Waals surface area (Å²) in [5.41, 5.74) is 8.82. The van der Waals surface area contributed by atoms with E-state index in [1.54, 1.807) is 0 Å². The molecule has 4 nitrogen and oxygen atoms in total. The molecule has 3 heterocycles. The Balaban J connectivity index is 1.58. The molecule has 7 aromatic rings. The van der Waals surface area contributed by atoms with Crippen molar-refractivity contribution >= 4 is 43.9 Å². The van der Waals surface area contributed by atoms with E-state index in [4.69, 9.17) is 8.83 Å². The van der Waals surface area contributed by atoms with Gasteiger partial charge in [0.25, 0.3) is 0 Å². The van der Waals surface area contributed by atoms with Crippen LogP contribution in [0.15, 0.2) is 100.0 Å². The molecule has 0 aliphatic rings. The summed E-state index contributed by atoms with van der Waals surface area (Å²) in [6.45, 7) is 2.11. The van der Waals surface area contributed by atoms with Gasteiger partial charge in [0.15, 0.2) is 6.20 Å². The fourth-order valence-electron chi connectivity index (χ4n) is 5.36. The van der Waals surface area contributed by atoms with Gasteiger partial charge in [-0.2, -0.15) is 5.26 Å². The number of para-hydroxylation sites is 1. The number of hydrogen-bond donors (Lipinski definition) is 0. The molecule has 0 aliphatic heterocycles. The molecular weight excluding hydrogens is 444 g/mol. The molecule has 0 bridgehead atoms. The van der Waals surface area contributed by atoms with Gasteiger partial charge in [-0.15, -0.1) is 0 Å². The second-order valence-electron chi connectivity index (χ2n) is 9.22. The highest BCUT2D eigenvalue weighted by Crippen LogP contribution is 2.43. The zero-order valence-electron chi connectivity index (χ0n) is 19.9. The zero-order chi connectivity index (χ0) is 24.4. The number of nitriles is 1. The Morgan fingerprint density at radius 3 is 2.28 bits per heavy atom. The van der Waals surface area contributed by atoms with Gasteiger partial charge in [-0.25, -0.2) is 4.57 Å². The Kier molecular flexibility index (Phi) is 4.30. The van der Waals surface area contributed by atoms with Crippen molar-refractivity contribution in [3.05, 3.63) is 102 Å². The lowest BCUT2D eigenvalue weighted by molar-refractivity contribution is -0.660. The van der Waals surface area contributed by atoms with Crippen molar-refractivity contribution in [1.82, 2.24) is 0 Å². The molecule has 0 saturated heterocycles. The molecule has 0 atom stereocenters. The first-order chi connectivity index (χ1) is 17.6. The van der Waals surface area contributed by atoms with E-state index in [1.807, 2.05) is 67.8 Å². The lowest BCUT2D eigenvalue weighted by atomic mass is 9.95. The summed E-state index contributed by atoms with van der Waals surface area (Å²) in [6, 6.07) is 30.8. The first-order valence-corrected chi connectivity index (χ1v) is 11.9. The van der Waals surface area contributed by atoms with Gasteiger partial charge in [-0.1, -0.05) is 36.4 Å². The average Bonchev–Trinajstić information content (AvgIpc) is 3.46. The molecule has 0 radical (unpaired) electrons. The molecule has 0 aliphatic carbocycles. The van der Waals surface area contributed by atoms with Gasteiger partial charge in [0, 0.05) is 39.2 Å². The van der Waals surface area contributed by atoms with Crippen LogP contribution in [0.4, 0.5) is 0 Å². The van der Waals surface area contributed by atoms with E-state index >= 15 is 0 Å². The first-order valence-electron chi connectivity index (χ1n) is 11.9. The van der Waals surface area contributed by atoms with Crippen LogP contribution in [0.3, 0.4) is 0 Å². The normalized spacial score (nSPS) is 11.6. The number of nitrogens with zero attached hydrogens (tertiary/aromatic N) is 2. The monoisotopic (exact) mass is 465 g/mol. The van der Waals surface area contributed by atoms with Gasteiger partial charge in [0.1, 0.15) is 29.4 Å². The van der Waals surface area contributed by atoms with Gasteiger partial charge >= 0.3 is 0 Å². The maximum Gasteiger partial charge on any atom is 0.216 e. The number of benzene rings is 4. The standard InChI is InChI=1S/C32H21N2O2/c1-19-10-13-23-24-14-11-21(18-33)30(32(24)36-31(23)29(19)26-8-5-6-16-34(26)2)20-12-15-28-25(17-20)22-7-3-4-9-27(22)35-28/h3-17H,1-2H3/q+1. The van der Waals surface area contributed by atoms with Crippen LogP contribution < -0.4 is 4.57 Å². The third kappa shape index (κ3) is 2.84. The Bertz CT molecular complexity index is 2040. The minimum atomic E-state index is 0.581.